The molecular formula is C19H20FN5O2S. The van der Waals surface area contributed by atoms with E-state index in [1.54, 1.807) is 23.0 Å². The van der Waals surface area contributed by atoms with Crippen molar-refractivity contribution in [1.82, 2.24) is 25.4 Å². The number of aromatic nitrogens is 3. The maximum Gasteiger partial charge on any atom is 0.270 e. The van der Waals surface area contributed by atoms with Gasteiger partial charge in [-0.1, -0.05) is 6.07 Å². The Balaban J connectivity index is 1.24. The molecular weight excluding hydrogens is 381 g/mol. The summed E-state index contributed by atoms with van der Waals surface area (Å²) in [6.07, 6.45) is 1.98. The highest BCUT2D eigenvalue weighted by Crippen LogP contribution is 2.21. The van der Waals surface area contributed by atoms with E-state index in [9.17, 15) is 9.18 Å². The average Bonchev–Trinajstić information content (AvgIpc) is 3.40. The number of nitrogens with one attached hydrogen (secondary N) is 1. The summed E-state index contributed by atoms with van der Waals surface area (Å²) in [6, 6.07) is 6.12. The molecule has 1 amide bonds. The first-order valence-corrected chi connectivity index (χ1v) is 10.1. The van der Waals surface area contributed by atoms with E-state index in [1.807, 2.05) is 0 Å². The number of carbonyl (C=O) groups excluding carboxylic acids is 1. The highest BCUT2D eigenvalue weighted by molar-refractivity contribution is 7.07. The predicted molar refractivity (Wildman–Crippen MR) is 102 cm³/mol. The molecule has 0 saturated carbocycles. The Morgan fingerprint density at radius 1 is 1.32 bits per heavy atom. The second-order valence-corrected chi connectivity index (χ2v) is 7.53. The van der Waals surface area contributed by atoms with Crippen molar-refractivity contribution in [2.24, 2.45) is 5.92 Å². The van der Waals surface area contributed by atoms with Gasteiger partial charge in [0.2, 0.25) is 11.8 Å². The topological polar surface area (TPSA) is 84.2 Å². The molecule has 1 aromatic carbocycles. The lowest BCUT2D eigenvalue weighted by Crippen LogP contribution is -2.38. The van der Waals surface area contributed by atoms with Gasteiger partial charge in [0.25, 0.3) is 5.91 Å². The van der Waals surface area contributed by atoms with Crippen LogP contribution in [-0.2, 0) is 6.54 Å². The van der Waals surface area contributed by atoms with Gasteiger partial charge in [-0.2, -0.15) is 0 Å². The van der Waals surface area contributed by atoms with Crippen LogP contribution in [0.4, 0.5) is 4.39 Å². The van der Waals surface area contributed by atoms with Crippen LogP contribution in [0.1, 0.15) is 29.2 Å². The van der Waals surface area contributed by atoms with Crippen molar-refractivity contribution in [3.8, 4) is 11.5 Å². The molecule has 1 aliphatic rings. The summed E-state index contributed by atoms with van der Waals surface area (Å²) < 4.78 is 19.0. The summed E-state index contributed by atoms with van der Waals surface area (Å²) in [5, 5.41) is 12.8. The zero-order valence-corrected chi connectivity index (χ0v) is 16.0. The van der Waals surface area contributed by atoms with Crippen molar-refractivity contribution in [3.05, 3.63) is 52.6 Å². The molecule has 3 aromatic rings. The van der Waals surface area contributed by atoms with E-state index in [2.05, 4.69) is 25.4 Å². The van der Waals surface area contributed by atoms with Crippen LogP contribution in [0, 0.1) is 11.7 Å². The largest absolute Gasteiger partial charge is 0.419 e. The van der Waals surface area contributed by atoms with Crippen LogP contribution in [-0.4, -0.2) is 45.6 Å². The van der Waals surface area contributed by atoms with E-state index in [1.165, 1.54) is 23.5 Å². The van der Waals surface area contributed by atoms with Crippen LogP contribution in [0.15, 0.2) is 39.6 Å². The maximum atomic E-state index is 13.3. The van der Waals surface area contributed by atoms with Crippen molar-refractivity contribution in [2.45, 2.75) is 19.4 Å². The number of rotatable bonds is 6. The Morgan fingerprint density at radius 2 is 2.18 bits per heavy atom. The molecule has 0 aliphatic carbocycles. The first kappa shape index (κ1) is 18.7. The number of hydrogen-bond acceptors (Lipinski definition) is 7. The summed E-state index contributed by atoms with van der Waals surface area (Å²) in [5.41, 5.74) is 2.71. The van der Waals surface area contributed by atoms with E-state index >= 15 is 0 Å². The minimum atomic E-state index is -0.332. The molecule has 0 unspecified atom stereocenters. The molecule has 146 valence electrons. The van der Waals surface area contributed by atoms with Gasteiger partial charge in [0.15, 0.2) is 0 Å². The van der Waals surface area contributed by atoms with E-state index in [-0.39, 0.29) is 11.7 Å². The van der Waals surface area contributed by atoms with Crippen molar-refractivity contribution >= 4 is 17.2 Å². The Morgan fingerprint density at radius 3 is 2.93 bits per heavy atom. The number of nitrogens with zero attached hydrogens (tertiary/aromatic N) is 4. The molecule has 28 heavy (non-hydrogen) atoms. The first-order chi connectivity index (χ1) is 13.7. The van der Waals surface area contributed by atoms with E-state index < -0.39 is 0 Å². The molecule has 3 heterocycles. The summed E-state index contributed by atoms with van der Waals surface area (Å²) >= 11 is 1.41. The molecule has 4 rings (SSSR count). The number of benzene rings is 1. The van der Waals surface area contributed by atoms with Crippen molar-refractivity contribution in [2.75, 3.05) is 19.6 Å². The molecule has 1 N–H and O–H groups in total. The normalized spacial score (nSPS) is 15.6. The fourth-order valence-corrected chi connectivity index (χ4v) is 3.78. The predicted octanol–water partition coefficient (Wildman–Crippen LogP) is 2.97. The van der Waals surface area contributed by atoms with Gasteiger partial charge in [-0.25, -0.2) is 9.37 Å². The highest BCUT2D eigenvalue weighted by atomic mass is 32.1. The van der Waals surface area contributed by atoms with Crippen LogP contribution in [0.3, 0.4) is 0 Å². The molecule has 9 heteroatoms. The lowest BCUT2D eigenvalue weighted by Gasteiger charge is -2.30. The van der Waals surface area contributed by atoms with Gasteiger partial charge in [0.05, 0.1) is 12.1 Å². The van der Waals surface area contributed by atoms with Crippen molar-refractivity contribution in [3.63, 3.8) is 0 Å². The summed E-state index contributed by atoms with van der Waals surface area (Å²) in [4.78, 5) is 18.2. The summed E-state index contributed by atoms with van der Waals surface area (Å²) in [5.74, 6) is 0.855. The number of hydrogen-bond donors (Lipinski definition) is 1. The molecule has 1 aliphatic heterocycles. The Labute approximate surface area is 165 Å². The van der Waals surface area contributed by atoms with Crippen LogP contribution in [0.5, 0.6) is 0 Å². The highest BCUT2D eigenvalue weighted by Gasteiger charge is 2.22. The summed E-state index contributed by atoms with van der Waals surface area (Å²) in [7, 11) is 0. The second-order valence-electron chi connectivity index (χ2n) is 6.81. The van der Waals surface area contributed by atoms with Gasteiger partial charge in [-0.3, -0.25) is 9.69 Å². The van der Waals surface area contributed by atoms with Crippen molar-refractivity contribution in [1.29, 1.82) is 0 Å². The number of thiazole rings is 1. The molecule has 1 fully saturated rings. The van der Waals surface area contributed by atoms with E-state index in [0.29, 0.717) is 42.0 Å². The third-order valence-electron chi connectivity index (χ3n) is 4.82. The minimum Gasteiger partial charge on any atom is -0.419 e. The van der Waals surface area contributed by atoms with E-state index in [4.69, 9.17) is 4.42 Å². The van der Waals surface area contributed by atoms with Gasteiger partial charge in [-0.05, 0) is 50.0 Å². The van der Waals surface area contributed by atoms with Gasteiger partial charge in [0.1, 0.15) is 11.5 Å². The fourth-order valence-electron chi connectivity index (χ4n) is 3.25. The van der Waals surface area contributed by atoms with Crippen LogP contribution >= 0.6 is 11.3 Å². The second kappa shape index (κ2) is 8.57. The minimum absolute atomic E-state index is 0.112. The van der Waals surface area contributed by atoms with Gasteiger partial charge in [-0.15, -0.1) is 21.5 Å². The molecule has 0 spiro atoms. The molecule has 0 radical (unpaired) electrons. The smallest absolute Gasteiger partial charge is 0.270 e. The lowest BCUT2D eigenvalue weighted by atomic mass is 9.97. The first-order valence-electron chi connectivity index (χ1n) is 9.14. The zero-order chi connectivity index (χ0) is 19.3. The number of amides is 1. The van der Waals surface area contributed by atoms with Crippen LogP contribution < -0.4 is 5.32 Å². The molecule has 7 nitrogen and oxygen atoms in total. The molecule has 1 saturated heterocycles. The zero-order valence-electron chi connectivity index (χ0n) is 15.2. The molecule has 2 aromatic heterocycles. The number of likely N-dealkylation sites (tertiary alicyclic amines) is 1. The third-order valence-corrected chi connectivity index (χ3v) is 5.41. The Hall–Kier alpha value is -2.65. The molecule has 0 atom stereocenters. The van der Waals surface area contributed by atoms with Crippen LogP contribution in [0.2, 0.25) is 0 Å². The number of halogens is 1. The Kier molecular flexibility index (Phi) is 5.73. The standard InChI is InChI=1S/C19H20FN5O2S/c20-15-3-1-2-14(8-15)19-24-23-17(27-19)10-25-6-4-13(5-7-25)9-21-18(26)16-11-28-12-22-16/h1-3,8,11-13H,4-7,9-10H2,(H,21,26). The van der Waals surface area contributed by atoms with Crippen molar-refractivity contribution < 1.29 is 13.6 Å². The number of carbonyl (C=O) groups is 1. The number of piperidine rings is 1. The van der Waals surface area contributed by atoms with Gasteiger partial charge < -0.3 is 9.73 Å². The quantitative estimate of drug-likeness (QED) is 0.684. The third kappa shape index (κ3) is 4.60. The SMILES string of the molecule is O=C(NCC1CCN(Cc2nnc(-c3cccc(F)c3)o2)CC1)c1cscn1. The average molecular weight is 401 g/mol. The van der Waals surface area contributed by atoms with Gasteiger partial charge >= 0.3 is 0 Å². The van der Waals surface area contributed by atoms with E-state index in [0.717, 1.165) is 25.9 Å². The van der Waals surface area contributed by atoms with Gasteiger partial charge in [0, 0.05) is 17.5 Å². The summed E-state index contributed by atoms with van der Waals surface area (Å²) in [6.45, 7) is 3.03. The molecule has 0 bridgehead atoms. The monoisotopic (exact) mass is 401 g/mol. The maximum absolute atomic E-state index is 13.3. The van der Waals surface area contributed by atoms with Crippen LogP contribution in [0.25, 0.3) is 11.5 Å². The lowest BCUT2D eigenvalue weighted by molar-refractivity contribution is 0.0929. The Bertz CT molecular complexity index is 922. The fraction of sp³-hybridized carbons (Fsp3) is 0.368.